The highest BCUT2D eigenvalue weighted by Gasteiger charge is 2.20. The predicted molar refractivity (Wildman–Crippen MR) is 53.0 cm³/mol. The molecule has 1 amide bonds. The van der Waals surface area contributed by atoms with E-state index in [9.17, 15) is 13.6 Å². The molecule has 88 valence electrons. The number of nitrogens with one attached hydrogen (secondary N) is 1. The molecule has 1 saturated heterocycles. The number of piperazine rings is 1. The van der Waals surface area contributed by atoms with Gasteiger partial charge in [0, 0.05) is 46.3 Å². The summed E-state index contributed by atoms with van der Waals surface area (Å²) in [5.74, 6) is -1.09. The Balaban J connectivity index is 2.20. The van der Waals surface area contributed by atoms with Crippen molar-refractivity contribution >= 4 is 5.91 Å². The number of alkyl halides is 2. The molecular formula is C9H17F2N3O. The van der Waals surface area contributed by atoms with Gasteiger partial charge in [0.1, 0.15) is 0 Å². The number of rotatable bonds is 4. The van der Waals surface area contributed by atoms with Crippen LogP contribution in [0.25, 0.3) is 0 Å². The van der Waals surface area contributed by atoms with Gasteiger partial charge in [-0.05, 0) is 0 Å². The summed E-state index contributed by atoms with van der Waals surface area (Å²) in [7, 11) is 1.41. The fourth-order valence-corrected chi connectivity index (χ4v) is 1.50. The second-order valence-electron chi connectivity index (χ2n) is 3.65. The van der Waals surface area contributed by atoms with Gasteiger partial charge in [0.15, 0.2) is 0 Å². The first-order valence-electron chi connectivity index (χ1n) is 5.07. The van der Waals surface area contributed by atoms with Gasteiger partial charge < -0.3 is 10.2 Å². The van der Waals surface area contributed by atoms with Crippen molar-refractivity contribution in [2.45, 2.75) is 6.43 Å². The number of halogens is 2. The summed E-state index contributed by atoms with van der Waals surface area (Å²) in [6, 6.07) is 0. The monoisotopic (exact) mass is 221 g/mol. The molecule has 0 aromatic heterocycles. The highest BCUT2D eigenvalue weighted by molar-refractivity contribution is 5.78. The number of amides is 1. The Morgan fingerprint density at radius 2 is 2.07 bits per heavy atom. The Kier molecular flexibility index (Phi) is 4.90. The van der Waals surface area contributed by atoms with Gasteiger partial charge >= 0.3 is 6.43 Å². The Bertz CT molecular complexity index is 208. The lowest BCUT2D eigenvalue weighted by Gasteiger charge is -2.29. The van der Waals surface area contributed by atoms with E-state index in [-0.39, 0.29) is 0 Å². The highest BCUT2D eigenvalue weighted by Crippen LogP contribution is 1.99. The normalized spacial score (nSPS) is 18.1. The SMILES string of the molecule is CN(CCN1CCNCC1)C(=O)C(F)F. The molecule has 0 aromatic rings. The lowest BCUT2D eigenvalue weighted by molar-refractivity contribution is -0.141. The zero-order chi connectivity index (χ0) is 11.3. The molecule has 0 aromatic carbocycles. The molecule has 1 fully saturated rings. The van der Waals surface area contributed by atoms with E-state index in [2.05, 4.69) is 10.2 Å². The van der Waals surface area contributed by atoms with E-state index in [1.807, 2.05) is 0 Å². The Labute approximate surface area is 88.2 Å². The van der Waals surface area contributed by atoms with Crippen molar-refractivity contribution in [1.29, 1.82) is 0 Å². The fraction of sp³-hybridized carbons (Fsp3) is 0.889. The summed E-state index contributed by atoms with van der Waals surface area (Å²) >= 11 is 0. The molecule has 1 aliphatic heterocycles. The van der Waals surface area contributed by atoms with Crippen LogP contribution in [0.15, 0.2) is 0 Å². The molecule has 1 N–H and O–H groups in total. The minimum Gasteiger partial charge on any atom is -0.340 e. The first-order chi connectivity index (χ1) is 7.11. The van der Waals surface area contributed by atoms with Crippen LogP contribution in [0.3, 0.4) is 0 Å². The van der Waals surface area contributed by atoms with Crippen molar-refractivity contribution < 1.29 is 13.6 Å². The van der Waals surface area contributed by atoms with Crippen LogP contribution in [0.4, 0.5) is 8.78 Å². The van der Waals surface area contributed by atoms with E-state index in [1.165, 1.54) is 7.05 Å². The molecule has 0 radical (unpaired) electrons. The van der Waals surface area contributed by atoms with Gasteiger partial charge in [0.2, 0.25) is 0 Å². The van der Waals surface area contributed by atoms with E-state index < -0.39 is 12.3 Å². The molecule has 0 spiro atoms. The standard InChI is InChI=1S/C9H17F2N3O/c1-13(9(15)8(10)11)6-7-14-4-2-12-3-5-14/h8,12H,2-7H2,1H3. The van der Waals surface area contributed by atoms with Gasteiger partial charge in [-0.1, -0.05) is 0 Å². The van der Waals surface area contributed by atoms with Crippen LogP contribution in [0.2, 0.25) is 0 Å². The number of hydrogen-bond acceptors (Lipinski definition) is 3. The van der Waals surface area contributed by atoms with Crippen molar-refractivity contribution in [2.75, 3.05) is 46.3 Å². The summed E-state index contributed by atoms with van der Waals surface area (Å²) < 4.78 is 24.1. The van der Waals surface area contributed by atoms with Gasteiger partial charge in [-0.3, -0.25) is 9.69 Å². The number of carbonyl (C=O) groups is 1. The Morgan fingerprint density at radius 1 is 1.47 bits per heavy atom. The van der Waals surface area contributed by atoms with E-state index in [1.54, 1.807) is 0 Å². The molecular weight excluding hydrogens is 204 g/mol. The molecule has 0 bridgehead atoms. The molecule has 6 heteroatoms. The first kappa shape index (κ1) is 12.3. The van der Waals surface area contributed by atoms with E-state index >= 15 is 0 Å². The van der Waals surface area contributed by atoms with Gasteiger partial charge in [0.05, 0.1) is 0 Å². The zero-order valence-electron chi connectivity index (χ0n) is 8.88. The summed E-state index contributed by atoms with van der Waals surface area (Å²) in [6.07, 6.45) is -2.89. The number of hydrogen-bond donors (Lipinski definition) is 1. The Morgan fingerprint density at radius 3 is 2.60 bits per heavy atom. The second-order valence-corrected chi connectivity index (χ2v) is 3.65. The van der Waals surface area contributed by atoms with Crippen molar-refractivity contribution in [1.82, 2.24) is 15.1 Å². The maximum absolute atomic E-state index is 12.0. The average Bonchev–Trinajstić information content (AvgIpc) is 2.26. The second kappa shape index (κ2) is 5.97. The minimum atomic E-state index is -2.89. The van der Waals surface area contributed by atoms with Crippen LogP contribution < -0.4 is 5.32 Å². The predicted octanol–water partition coefficient (Wildman–Crippen LogP) is -0.385. The van der Waals surface area contributed by atoms with Crippen LogP contribution in [-0.2, 0) is 4.79 Å². The van der Waals surface area contributed by atoms with Gasteiger partial charge in [-0.25, -0.2) is 0 Å². The van der Waals surface area contributed by atoms with Crippen molar-refractivity contribution in [3.8, 4) is 0 Å². The van der Waals surface area contributed by atoms with Crippen molar-refractivity contribution in [2.24, 2.45) is 0 Å². The largest absolute Gasteiger partial charge is 0.340 e. The molecule has 15 heavy (non-hydrogen) atoms. The molecule has 1 rings (SSSR count). The molecule has 0 atom stereocenters. The highest BCUT2D eigenvalue weighted by atomic mass is 19.3. The maximum Gasteiger partial charge on any atom is 0.315 e. The lowest BCUT2D eigenvalue weighted by atomic mass is 10.3. The number of likely N-dealkylation sites (N-methyl/N-ethyl adjacent to an activating group) is 1. The van der Waals surface area contributed by atoms with Crippen molar-refractivity contribution in [3.05, 3.63) is 0 Å². The summed E-state index contributed by atoms with van der Waals surface area (Å²) in [4.78, 5) is 14.1. The molecule has 0 unspecified atom stereocenters. The van der Waals surface area contributed by atoms with Crippen LogP contribution >= 0.6 is 0 Å². The van der Waals surface area contributed by atoms with Crippen LogP contribution in [0.5, 0.6) is 0 Å². The maximum atomic E-state index is 12.0. The van der Waals surface area contributed by atoms with Crippen LogP contribution in [-0.4, -0.2) is 68.4 Å². The van der Waals surface area contributed by atoms with Gasteiger partial charge in [-0.2, -0.15) is 8.78 Å². The minimum absolute atomic E-state index is 0.364. The van der Waals surface area contributed by atoms with E-state index in [4.69, 9.17) is 0 Å². The zero-order valence-corrected chi connectivity index (χ0v) is 8.88. The van der Waals surface area contributed by atoms with Crippen LogP contribution in [0.1, 0.15) is 0 Å². The summed E-state index contributed by atoms with van der Waals surface area (Å²) in [6.45, 7) is 4.70. The fourth-order valence-electron chi connectivity index (χ4n) is 1.50. The van der Waals surface area contributed by atoms with Gasteiger partial charge in [0.25, 0.3) is 5.91 Å². The molecule has 1 aliphatic rings. The van der Waals surface area contributed by atoms with E-state index in [0.717, 1.165) is 31.1 Å². The Hall–Kier alpha value is -0.750. The summed E-state index contributed by atoms with van der Waals surface area (Å²) in [5.41, 5.74) is 0. The molecule has 0 saturated carbocycles. The molecule has 4 nitrogen and oxygen atoms in total. The third kappa shape index (κ3) is 4.09. The molecule has 1 heterocycles. The quantitative estimate of drug-likeness (QED) is 0.702. The lowest BCUT2D eigenvalue weighted by Crippen LogP contribution is -2.47. The van der Waals surface area contributed by atoms with Gasteiger partial charge in [-0.15, -0.1) is 0 Å². The summed E-state index contributed by atoms with van der Waals surface area (Å²) in [5, 5.41) is 3.20. The first-order valence-corrected chi connectivity index (χ1v) is 5.07. The van der Waals surface area contributed by atoms with E-state index in [0.29, 0.717) is 13.1 Å². The van der Waals surface area contributed by atoms with Crippen LogP contribution in [0, 0.1) is 0 Å². The third-order valence-electron chi connectivity index (χ3n) is 2.52. The molecule has 0 aliphatic carbocycles. The topological polar surface area (TPSA) is 35.6 Å². The smallest absolute Gasteiger partial charge is 0.315 e. The number of carbonyl (C=O) groups excluding carboxylic acids is 1. The number of nitrogens with zero attached hydrogens (tertiary/aromatic N) is 2. The average molecular weight is 221 g/mol. The third-order valence-corrected chi connectivity index (χ3v) is 2.52. The van der Waals surface area contributed by atoms with Crippen molar-refractivity contribution in [3.63, 3.8) is 0 Å².